The number of fused-ring (bicyclic) bond motifs is 1. The van der Waals surface area contributed by atoms with Gasteiger partial charge >= 0.3 is 12.1 Å². The third kappa shape index (κ3) is 5.14. The van der Waals surface area contributed by atoms with Gasteiger partial charge in [-0.15, -0.1) is 0 Å². The van der Waals surface area contributed by atoms with Crippen LogP contribution >= 0.6 is 11.6 Å². The van der Waals surface area contributed by atoms with E-state index in [0.29, 0.717) is 17.4 Å². The zero-order valence-corrected chi connectivity index (χ0v) is 16.0. The van der Waals surface area contributed by atoms with E-state index in [1.165, 1.54) is 4.90 Å². The van der Waals surface area contributed by atoms with Crippen LogP contribution in [0.2, 0.25) is 5.02 Å². The average molecular weight is 402 g/mol. The van der Waals surface area contributed by atoms with E-state index < -0.39 is 6.09 Å². The minimum Gasteiger partial charge on any atom is -0.447 e. The summed E-state index contributed by atoms with van der Waals surface area (Å²) in [6.07, 6.45) is 2.83. The lowest BCUT2D eigenvalue weighted by Gasteiger charge is -2.18. The quantitative estimate of drug-likeness (QED) is 0.662. The van der Waals surface area contributed by atoms with Crippen LogP contribution in [0.5, 0.6) is 0 Å². The molecule has 2 aromatic heterocycles. The van der Waals surface area contributed by atoms with E-state index in [0.717, 1.165) is 11.1 Å². The second-order valence-corrected chi connectivity index (χ2v) is 6.45. The Morgan fingerprint density at radius 2 is 2.07 bits per heavy atom. The predicted octanol–water partition coefficient (Wildman–Crippen LogP) is 3.38. The molecule has 8 nitrogen and oxygen atoms in total. The van der Waals surface area contributed by atoms with Gasteiger partial charge in [-0.05, 0) is 23.8 Å². The van der Waals surface area contributed by atoms with Gasteiger partial charge in [-0.2, -0.15) is 0 Å². The molecule has 0 aliphatic rings. The summed E-state index contributed by atoms with van der Waals surface area (Å²) in [6.45, 7) is 0.611. The number of rotatable bonds is 6. The van der Waals surface area contributed by atoms with Crippen LogP contribution in [0.3, 0.4) is 0 Å². The van der Waals surface area contributed by atoms with Crippen LogP contribution in [0.4, 0.5) is 15.4 Å². The van der Waals surface area contributed by atoms with Gasteiger partial charge in [0.2, 0.25) is 0 Å². The monoisotopic (exact) mass is 401 g/mol. The summed E-state index contributed by atoms with van der Waals surface area (Å²) in [7, 11) is 1.62. The molecule has 0 fully saturated rings. The van der Waals surface area contributed by atoms with Gasteiger partial charge in [-0.3, -0.25) is 5.32 Å². The molecule has 0 saturated carbocycles. The number of carbonyl (C=O) groups is 2. The number of carbonyl (C=O) groups excluding carboxylic acids is 2. The number of amides is 3. The molecule has 2 heterocycles. The molecule has 0 saturated heterocycles. The second-order valence-electron chi connectivity index (χ2n) is 6.05. The largest absolute Gasteiger partial charge is 0.447 e. The van der Waals surface area contributed by atoms with Crippen molar-refractivity contribution >= 4 is 35.1 Å². The summed E-state index contributed by atoms with van der Waals surface area (Å²) in [5.74, 6) is 0.391. The molecule has 0 bridgehead atoms. The van der Waals surface area contributed by atoms with Gasteiger partial charge in [0.05, 0.1) is 12.1 Å². The third-order valence-electron chi connectivity index (χ3n) is 4.04. The summed E-state index contributed by atoms with van der Waals surface area (Å²) in [5, 5.41) is 5.92. The molecule has 2 N–H and O–H groups in total. The lowest BCUT2D eigenvalue weighted by molar-refractivity contribution is 0.146. The Hall–Kier alpha value is -3.26. The van der Waals surface area contributed by atoms with E-state index in [9.17, 15) is 9.59 Å². The first-order valence-electron chi connectivity index (χ1n) is 8.62. The first-order chi connectivity index (χ1) is 13.5. The van der Waals surface area contributed by atoms with E-state index in [2.05, 4.69) is 15.6 Å². The van der Waals surface area contributed by atoms with Crippen molar-refractivity contribution in [3.05, 3.63) is 65.6 Å². The van der Waals surface area contributed by atoms with Gasteiger partial charge in [0, 0.05) is 30.9 Å². The van der Waals surface area contributed by atoms with Crippen LogP contribution in [-0.2, 0) is 11.3 Å². The van der Waals surface area contributed by atoms with Gasteiger partial charge in [-0.1, -0.05) is 29.8 Å². The Kier molecular flexibility index (Phi) is 6.33. The highest BCUT2D eigenvalue weighted by atomic mass is 35.5. The van der Waals surface area contributed by atoms with Crippen LogP contribution in [-0.4, -0.2) is 46.6 Å². The molecule has 146 valence electrons. The number of ether oxygens (including phenoxy) is 1. The minimum atomic E-state index is -0.631. The number of anilines is 1. The summed E-state index contributed by atoms with van der Waals surface area (Å²) in [6, 6.07) is 12.5. The Morgan fingerprint density at radius 1 is 1.25 bits per heavy atom. The Morgan fingerprint density at radius 3 is 2.89 bits per heavy atom. The first-order valence-corrected chi connectivity index (χ1v) is 8.99. The zero-order valence-electron chi connectivity index (χ0n) is 15.3. The van der Waals surface area contributed by atoms with Gasteiger partial charge in [-0.25, -0.2) is 14.6 Å². The maximum absolute atomic E-state index is 12.1. The molecular formula is C19H20ClN5O3. The number of urea groups is 1. The molecule has 3 aromatic rings. The SMILES string of the molecule is CN(CCOC(=O)Nc1cc2cccn2cn1)C(=O)NCc1ccccc1Cl. The number of benzene rings is 1. The molecule has 28 heavy (non-hydrogen) atoms. The number of hydrogen-bond acceptors (Lipinski definition) is 4. The van der Waals surface area contributed by atoms with Crippen molar-refractivity contribution in [3.8, 4) is 0 Å². The summed E-state index contributed by atoms with van der Waals surface area (Å²) in [4.78, 5) is 29.5. The molecule has 0 aliphatic carbocycles. The van der Waals surface area contributed by atoms with Crippen molar-refractivity contribution in [2.75, 3.05) is 25.5 Å². The topological polar surface area (TPSA) is 88.0 Å². The van der Waals surface area contributed by atoms with Crippen molar-refractivity contribution in [2.45, 2.75) is 6.54 Å². The highest BCUT2D eigenvalue weighted by molar-refractivity contribution is 6.31. The van der Waals surface area contributed by atoms with E-state index >= 15 is 0 Å². The fourth-order valence-electron chi connectivity index (χ4n) is 2.47. The number of nitrogens with zero attached hydrogens (tertiary/aromatic N) is 3. The molecule has 9 heteroatoms. The molecule has 0 radical (unpaired) electrons. The Balaban J connectivity index is 1.39. The van der Waals surface area contributed by atoms with Gasteiger partial charge < -0.3 is 19.4 Å². The molecule has 0 unspecified atom stereocenters. The lowest BCUT2D eigenvalue weighted by atomic mass is 10.2. The molecule has 0 aliphatic heterocycles. The lowest BCUT2D eigenvalue weighted by Crippen LogP contribution is -2.39. The number of aromatic nitrogens is 2. The fourth-order valence-corrected chi connectivity index (χ4v) is 2.67. The molecule has 3 amide bonds. The van der Waals surface area contributed by atoms with Crippen LogP contribution in [0.1, 0.15) is 5.56 Å². The number of likely N-dealkylation sites (N-methyl/N-ethyl adjacent to an activating group) is 1. The highest BCUT2D eigenvalue weighted by Crippen LogP contribution is 2.14. The van der Waals surface area contributed by atoms with Crippen LogP contribution in [0.15, 0.2) is 55.0 Å². The van der Waals surface area contributed by atoms with Crippen molar-refractivity contribution in [2.24, 2.45) is 0 Å². The second kappa shape index (κ2) is 9.09. The molecule has 0 atom stereocenters. The van der Waals surface area contributed by atoms with Crippen molar-refractivity contribution in [1.82, 2.24) is 19.6 Å². The van der Waals surface area contributed by atoms with Gasteiger partial charge in [0.15, 0.2) is 0 Å². The molecular weight excluding hydrogens is 382 g/mol. The van der Waals surface area contributed by atoms with Crippen LogP contribution in [0.25, 0.3) is 5.52 Å². The zero-order chi connectivity index (χ0) is 19.9. The maximum Gasteiger partial charge on any atom is 0.412 e. The van der Waals surface area contributed by atoms with Crippen LogP contribution < -0.4 is 10.6 Å². The predicted molar refractivity (Wildman–Crippen MR) is 106 cm³/mol. The van der Waals surface area contributed by atoms with Gasteiger partial charge in [0.1, 0.15) is 18.8 Å². The van der Waals surface area contributed by atoms with Gasteiger partial charge in [0.25, 0.3) is 0 Å². The van der Waals surface area contributed by atoms with Crippen molar-refractivity contribution in [3.63, 3.8) is 0 Å². The smallest absolute Gasteiger partial charge is 0.412 e. The van der Waals surface area contributed by atoms with Crippen LogP contribution in [0, 0.1) is 0 Å². The first kappa shape index (κ1) is 19.5. The molecule has 3 rings (SSSR count). The average Bonchev–Trinajstić information content (AvgIpc) is 3.14. The minimum absolute atomic E-state index is 0.0508. The number of hydrogen-bond donors (Lipinski definition) is 2. The van der Waals surface area contributed by atoms with E-state index in [4.69, 9.17) is 16.3 Å². The number of nitrogens with one attached hydrogen (secondary N) is 2. The number of halogens is 1. The normalized spacial score (nSPS) is 10.5. The van der Waals surface area contributed by atoms with E-state index in [-0.39, 0.29) is 19.2 Å². The Labute approximate surface area is 167 Å². The summed E-state index contributed by atoms with van der Waals surface area (Å²) < 4.78 is 6.93. The Bertz CT molecular complexity index is 975. The van der Waals surface area contributed by atoms with E-state index in [1.54, 1.807) is 25.5 Å². The van der Waals surface area contributed by atoms with E-state index in [1.807, 2.05) is 40.9 Å². The third-order valence-corrected chi connectivity index (χ3v) is 4.41. The highest BCUT2D eigenvalue weighted by Gasteiger charge is 2.11. The fraction of sp³-hybridized carbons (Fsp3) is 0.211. The maximum atomic E-state index is 12.1. The molecule has 1 aromatic carbocycles. The molecule has 0 spiro atoms. The summed E-state index contributed by atoms with van der Waals surface area (Å²) >= 11 is 6.06. The summed E-state index contributed by atoms with van der Waals surface area (Å²) in [5.41, 5.74) is 1.73. The van der Waals surface area contributed by atoms with Crippen molar-refractivity contribution in [1.29, 1.82) is 0 Å². The standard InChI is InChI=1S/C19H20ClN5O3/c1-24(18(26)21-12-14-5-2-3-7-16(14)20)9-10-28-19(27)23-17-11-15-6-4-8-25(15)13-22-17/h2-8,11,13H,9-10,12H2,1H3,(H,21,26)(H,23,27). The van der Waals surface area contributed by atoms with Crippen molar-refractivity contribution < 1.29 is 14.3 Å².